The van der Waals surface area contributed by atoms with Gasteiger partial charge in [0.2, 0.25) is 0 Å². The Morgan fingerprint density at radius 2 is 2.04 bits per heavy atom. The molecule has 1 saturated heterocycles. The average Bonchev–Trinajstić information content (AvgIpc) is 3.16. The number of rotatable bonds is 6. The Kier molecular flexibility index (Phi) is 5.81. The van der Waals surface area contributed by atoms with Crippen LogP contribution in [-0.4, -0.2) is 52.0 Å². The van der Waals surface area contributed by atoms with E-state index in [9.17, 15) is 4.79 Å². The molecule has 1 fully saturated rings. The predicted molar refractivity (Wildman–Crippen MR) is 97.5 cm³/mol. The Morgan fingerprint density at radius 1 is 1.32 bits per heavy atom. The maximum atomic E-state index is 12.8. The Hall–Kier alpha value is -2.21. The number of hydrogen-bond donors (Lipinski definition) is 1. The fourth-order valence-corrected chi connectivity index (χ4v) is 3.41. The van der Waals surface area contributed by atoms with Crippen molar-refractivity contribution in [1.82, 2.24) is 25.2 Å². The molecule has 1 N–H and O–H groups in total. The highest BCUT2D eigenvalue weighted by atomic mass is 16.2. The highest BCUT2D eigenvalue weighted by Crippen LogP contribution is 2.18. The number of amides is 1. The van der Waals surface area contributed by atoms with E-state index in [1.165, 1.54) is 5.56 Å². The number of aromatic nitrogens is 3. The number of likely N-dealkylation sites (N-methyl/N-ethyl adjacent to an activating group) is 1. The first-order valence-corrected chi connectivity index (χ1v) is 9.12. The summed E-state index contributed by atoms with van der Waals surface area (Å²) in [6.45, 7) is 4.09. The molecule has 1 aliphatic rings. The number of benzene rings is 1. The van der Waals surface area contributed by atoms with Gasteiger partial charge in [-0.05, 0) is 44.3 Å². The van der Waals surface area contributed by atoms with Crippen LogP contribution in [0, 0.1) is 0 Å². The van der Waals surface area contributed by atoms with Crippen LogP contribution in [0.25, 0.3) is 0 Å². The van der Waals surface area contributed by atoms with Crippen molar-refractivity contribution in [2.75, 3.05) is 20.1 Å². The Morgan fingerprint density at radius 3 is 2.72 bits per heavy atom. The molecular formula is C19H27N5O. The first-order chi connectivity index (χ1) is 12.2. The van der Waals surface area contributed by atoms with Gasteiger partial charge in [0.1, 0.15) is 0 Å². The quantitative estimate of drug-likeness (QED) is 0.876. The maximum Gasteiger partial charge on any atom is 0.276 e. The zero-order valence-electron chi connectivity index (χ0n) is 15.1. The summed E-state index contributed by atoms with van der Waals surface area (Å²) in [5.74, 6) is -0.0528. The molecule has 1 aromatic heterocycles. The second-order valence-electron chi connectivity index (χ2n) is 6.73. The first kappa shape index (κ1) is 17.6. The monoisotopic (exact) mass is 341 g/mol. The van der Waals surface area contributed by atoms with Crippen molar-refractivity contribution < 1.29 is 4.79 Å². The molecule has 0 radical (unpaired) electrons. The number of nitrogens with zero attached hydrogens (tertiary/aromatic N) is 4. The van der Waals surface area contributed by atoms with Crippen molar-refractivity contribution in [3.63, 3.8) is 0 Å². The molecule has 0 spiro atoms. The van der Waals surface area contributed by atoms with Crippen molar-refractivity contribution in [1.29, 1.82) is 0 Å². The van der Waals surface area contributed by atoms with E-state index in [1.54, 1.807) is 0 Å². The van der Waals surface area contributed by atoms with Crippen LogP contribution >= 0.6 is 0 Å². The highest BCUT2D eigenvalue weighted by Gasteiger charge is 2.24. The summed E-state index contributed by atoms with van der Waals surface area (Å²) in [7, 11) is 1.86. The molecule has 1 amide bonds. The Balaban J connectivity index is 1.67. The zero-order chi connectivity index (χ0) is 17.6. The standard InChI is InChI=1S/C19H27N5O/c1-3-16(13-15-7-5-4-6-8-15)23(2)19(25)18-14-24(22-21-18)17-9-11-20-12-10-17/h4-8,14,16-17,20H,3,9-13H2,1-2H3. The van der Waals surface area contributed by atoms with Gasteiger partial charge in [-0.3, -0.25) is 4.79 Å². The van der Waals surface area contributed by atoms with Gasteiger partial charge in [-0.25, -0.2) is 4.68 Å². The molecule has 25 heavy (non-hydrogen) atoms. The molecule has 1 unspecified atom stereocenters. The molecule has 0 saturated carbocycles. The lowest BCUT2D eigenvalue weighted by atomic mass is 10.0. The third kappa shape index (κ3) is 4.25. The fraction of sp³-hybridized carbons (Fsp3) is 0.526. The van der Waals surface area contributed by atoms with E-state index in [0.29, 0.717) is 11.7 Å². The summed E-state index contributed by atoms with van der Waals surface area (Å²) < 4.78 is 1.86. The van der Waals surface area contributed by atoms with E-state index in [-0.39, 0.29) is 11.9 Å². The second kappa shape index (κ2) is 8.25. The lowest BCUT2D eigenvalue weighted by Crippen LogP contribution is -2.38. The van der Waals surface area contributed by atoms with Crippen LogP contribution < -0.4 is 5.32 Å². The normalized spacial score (nSPS) is 16.6. The minimum atomic E-state index is -0.0528. The summed E-state index contributed by atoms with van der Waals surface area (Å²) in [5, 5.41) is 11.7. The van der Waals surface area contributed by atoms with Crippen LogP contribution in [-0.2, 0) is 6.42 Å². The van der Waals surface area contributed by atoms with Crippen LogP contribution in [0.2, 0.25) is 0 Å². The van der Waals surface area contributed by atoms with Gasteiger partial charge in [0, 0.05) is 13.1 Å². The molecule has 0 aliphatic carbocycles. The SMILES string of the molecule is CCC(Cc1ccccc1)N(C)C(=O)c1cn(C2CCNCC2)nn1. The summed E-state index contributed by atoms with van der Waals surface area (Å²) in [6.07, 6.45) is 5.61. The molecule has 6 nitrogen and oxygen atoms in total. The molecule has 2 aromatic rings. The summed E-state index contributed by atoms with van der Waals surface area (Å²) in [5.41, 5.74) is 1.68. The Labute approximate surface area is 149 Å². The molecule has 134 valence electrons. The second-order valence-corrected chi connectivity index (χ2v) is 6.73. The van der Waals surface area contributed by atoms with Crippen LogP contribution in [0.3, 0.4) is 0 Å². The minimum absolute atomic E-state index is 0.0528. The molecule has 2 heterocycles. The number of piperidine rings is 1. The van der Waals surface area contributed by atoms with Crippen LogP contribution in [0.5, 0.6) is 0 Å². The molecule has 3 rings (SSSR count). The number of carbonyl (C=O) groups is 1. The number of hydrogen-bond acceptors (Lipinski definition) is 4. The van der Waals surface area contributed by atoms with Crippen molar-refractivity contribution in [3.05, 3.63) is 47.8 Å². The van der Waals surface area contributed by atoms with Crippen LogP contribution in [0.15, 0.2) is 36.5 Å². The average molecular weight is 341 g/mol. The third-order valence-corrected chi connectivity index (χ3v) is 5.07. The first-order valence-electron chi connectivity index (χ1n) is 9.12. The van der Waals surface area contributed by atoms with Crippen molar-refractivity contribution in [2.45, 2.75) is 44.7 Å². The van der Waals surface area contributed by atoms with Gasteiger partial charge >= 0.3 is 0 Å². The van der Waals surface area contributed by atoms with E-state index in [4.69, 9.17) is 0 Å². The summed E-state index contributed by atoms with van der Waals surface area (Å²) in [4.78, 5) is 14.6. The van der Waals surface area contributed by atoms with Crippen molar-refractivity contribution in [2.24, 2.45) is 0 Å². The van der Waals surface area contributed by atoms with Gasteiger partial charge in [0.25, 0.3) is 5.91 Å². The van der Waals surface area contributed by atoms with Crippen LogP contribution in [0.1, 0.15) is 48.3 Å². The summed E-state index contributed by atoms with van der Waals surface area (Å²) in [6, 6.07) is 10.8. The van der Waals surface area contributed by atoms with Gasteiger partial charge < -0.3 is 10.2 Å². The highest BCUT2D eigenvalue weighted by molar-refractivity contribution is 5.92. The molecule has 1 aromatic carbocycles. The topological polar surface area (TPSA) is 63.1 Å². The van der Waals surface area contributed by atoms with Gasteiger partial charge in [-0.1, -0.05) is 42.5 Å². The minimum Gasteiger partial charge on any atom is -0.337 e. The largest absolute Gasteiger partial charge is 0.337 e. The molecule has 0 bridgehead atoms. The van der Waals surface area contributed by atoms with Gasteiger partial charge in [-0.2, -0.15) is 0 Å². The van der Waals surface area contributed by atoms with Crippen LogP contribution in [0.4, 0.5) is 0 Å². The maximum absolute atomic E-state index is 12.8. The van der Waals surface area contributed by atoms with Crippen molar-refractivity contribution in [3.8, 4) is 0 Å². The van der Waals surface area contributed by atoms with E-state index in [0.717, 1.165) is 38.8 Å². The lowest BCUT2D eigenvalue weighted by molar-refractivity contribution is 0.0721. The van der Waals surface area contributed by atoms with E-state index in [2.05, 4.69) is 34.7 Å². The fourth-order valence-electron chi connectivity index (χ4n) is 3.41. The summed E-state index contributed by atoms with van der Waals surface area (Å²) >= 11 is 0. The van der Waals surface area contributed by atoms with E-state index >= 15 is 0 Å². The smallest absolute Gasteiger partial charge is 0.276 e. The molecule has 6 heteroatoms. The molecular weight excluding hydrogens is 314 g/mol. The Bertz CT molecular complexity index is 678. The van der Waals surface area contributed by atoms with Gasteiger partial charge in [0.15, 0.2) is 5.69 Å². The molecule has 1 atom stereocenters. The van der Waals surface area contributed by atoms with Gasteiger partial charge in [-0.15, -0.1) is 5.10 Å². The van der Waals surface area contributed by atoms with E-state index in [1.807, 2.05) is 41.0 Å². The van der Waals surface area contributed by atoms with E-state index < -0.39 is 0 Å². The number of nitrogens with one attached hydrogen (secondary N) is 1. The molecule has 1 aliphatic heterocycles. The van der Waals surface area contributed by atoms with Gasteiger partial charge in [0.05, 0.1) is 12.2 Å². The predicted octanol–water partition coefficient (Wildman–Crippen LogP) is 2.30. The zero-order valence-corrected chi connectivity index (χ0v) is 15.1. The van der Waals surface area contributed by atoms with Crippen molar-refractivity contribution >= 4 is 5.91 Å². The third-order valence-electron chi connectivity index (χ3n) is 5.07. The lowest BCUT2D eigenvalue weighted by Gasteiger charge is -2.26. The number of carbonyl (C=O) groups excluding carboxylic acids is 1.